The summed E-state index contributed by atoms with van der Waals surface area (Å²) < 4.78 is 6.97. The van der Waals surface area contributed by atoms with Crippen LogP contribution in [0.3, 0.4) is 0 Å². The van der Waals surface area contributed by atoms with Gasteiger partial charge in [0.15, 0.2) is 0 Å². The van der Waals surface area contributed by atoms with Crippen molar-refractivity contribution in [2.75, 3.05) is 6.61 Å². The lowest BCUT2D eigenvalue weighted by molar-refractivity contribution is 0.264. The van der Waals surface area contributed by atoms with Crippen molar-refractivity contribution < 1.29 is 4.74 Å². The number of aryl methyl sites for hydroxylation is 1. The Morgan fingerprint density at radius 2 is 1.85 bits per heavy atom. The molecule has 2 unspecified atom stereocenters. The molecule has 0 aliphatic rings. The van der Waals surface area contributed by atoms with E-state index < -0.39 is 0 Å². The van der Waals surface area contributed by atoms with E-state index in [0.29, 0.717) is 18.7 Å². The summed E-state index contributed by atoms with van der Waals surface area (Å²) in [5.74, 6) is 0.927. The summed E-state index contributed by atoms with van der Waals surface area (Å²) >= 11 is 5.27. The van der Waals surface area contributed by atoms with Crippen molar-refractivity contribution in [2.45, 2.75) is 32.9 Å². The van der Waals surface area contributed by atoms with Crippen molar-refractivity contribution >= 4 is 27.3 Å². The van der Waals surface area contributed by atoms with Gasteiger partial charge in [-0.2, -0.15) is 0 Å². The number of hydrogen-bond donors (Lipinski definition) is 1. The molecule has 108 valence electrons. The highest BCUT2D eigenvalue weighted by Gasteiger charge is 2.11. The Balaban J connectivity index is 1.80. The monoisotopic (exact) mass is 353 g/mol. The summed E-state index contributed by atoms with van der Waals surface area (Å²) in [7, 11) is 0. The Morgan fingerprint density at radius 3 is 2.45 bits per heavy atom. The average Bonchev–Trinajstić information content (AvgIpc) is 2.85. The second-order valence-corrected chi connectivity index (χ2v) is 7.55. The molecule has 2 atom stereocenters. The quantitative estimate of drug-likeness (QED) is 0.794. The van der Waals surface area contributed by atoms with Crippen LogP contribution in [-0.2, 0) is 0 Å². The third kappa shape index (κ3) is 4.62. The maximum Gasteiger partial charge on any atom is 0.119 e. The lowest BCUT2D eigenvalue weighted by Gasteiger charge is -2.19. The molecular weight excluding hydrogens is 334 g/mol. The molecule has 0 bridgehead atoms. The Morgan fingerprint density at radius 1 is 1.15 bits per heavy atom. The van der Waals surface area contributed by atoms with E-state index in [0.717, 1.165) is 5.75 Å². The molecule has 0 spiro atoms. The van der Waals surface area contributed by atoms with Crippen molar-refractivity contribution in [1.82, 2.24) is 5.32 Å². The standard InChI is InChI=1S/C16H20BrNOS/c1-11-4-6-14(7-5-11)19-10-12(2)18-13(3)15-8-9-16(17)20-15/h4-9,12-13,18H,10H2,1-3H3. The number of nitrogens with one attached hydrogen (secondary N) is 1. The van der Waals surface area contributed by atoms with Crippen LogP contribution in [0.25, 0.3) is 0 Å². The molecule has 1 aromatic carbocycles. The Labute approximate surface area is 133 Å². The molecule has 2 rings (SSSR count). The van der Waals surface area contributed by atoms with Crippen LogP contribution in [0.2, 0.25) is 0 Å². The van der Waals surface area contributed by atoms with Crippen molar-refractivity contribution in [3.63, 3.8) is 0 Å². The van der Waals surface area contributed by atoms with Crippen molar-refractivity contribution in [2.24, 2.45) is 0 Å². The number of benzene rings is 1. The number of thiophene rings is 1. The maximum atomic E-state index is 5.80. The number of ether oxygens (including phenoxy) is 1. The van der Waals surface area contributed by atoms with Gasteiger partial charge >= 0.3 is 0 Å². The van der Waals surface area contributed by atoms with Crippen LogP contribution in [-0.4, -0.2) is 12.6 Å². The molecule has 0 saturated heterocycles. The van der Waals surface area contributed by atoms with Crippen LogP contribution in [0, 0.1) is 6.92 Å². The molecule has 1 aromatic heterocycles. The Hall–Kier alpha value is -0.840. The van der Waals surface area contributed by atoms with Gasteiger partial charge in [0.05, 0.1) is 3.79 Å². The maximum absolute atomic E-state index is 5.80. The molecule has 0 fully saturated rings. The summed E-state index contributed by atoms with van der Waals surface area (Å²) in [5, 5.41) is 3.56. The first kappa shape index (κ1) is 15.5. The van der Waals surface area contributed by atoms with Gasteiger partial charge in [0.25, 0.3) is 0 Å². The summed E-state index contributed by atoms with van der Waals surface area (Å²) in [6.07, 6.45) is 0. The molecule has 2 nitrogen and oxygen atoms in total. The Bertz CT molecular complexity index is 538. The average molecular weight is 354 g/mol. The van der Waals surface area contributed by atoms with Crippen LogP contribution in [0.4, 0.5) is 0 Å². The van der Waals surface area contributed by atoms with Crippen LogP contribution in [0.15, 0.2) is 40.2 Å². The lowest BCUT2D eigenvalue weighted by atomic mass is 10.2. The van der Waals surface area contributed by atoms with E-state index in [1.54, 1.807) is 11.3 Å². The topological polar surface area (TPSA) is 21.3 Å². The van der Waals surface area contributed by atoms with Crippen molar-refractivity contribution in [3.8, 4) is 5.75 Å². The third-order valence-electron chi connectivity index (χ3n) is 3.08. The highest BCUT2D eigenvalue weighted by molar-refractivity contribution is 9.11. The van der Waals surface area contributed by atoms with Gasteiger partial charge < -0.3 is 10.1 Å². The zero-order chi connectivity index (χ0) is 14.5. The molecule has 0 saturated carbocycles. The highest BCUT2D eigenvalue weighted by atomic mass is 79.9. The smallest absolute Gasteiger partial charge is 0.119 e. The Kier molecular flexibility index (Phi) is 5.64. The lowest BCUT2D eigenvalue weighted by Crippen LogP contribution is -2.33. The molecule has 0 aliphatic carbocycles. The minimum atomic E-state index is 0.298. The zero-order valence-electron chi connectivity index (χ0n) is 12.0. The van der Waals surface area contributed by atoms with Gasteiger partial charge in [-0.25, -0.2) is 0 Å². The molecule has 1 N–H and O–H groups in total. The summed E-state index contributed by atoms with van der Waals surface area (Å²) in [4.78, 5) is 1.33. The van der Waals surface area contributed by atoms with Gasteiger partial charge in [-0.15, -0.1) is 11.3 Å². The summed E-state index contributed by atoms with van der Waals surface area (Å²) in [5.41, 5.74) is 1.25. The van der Waals surface area contributed by atoms with Gasteiger partial charge in [-0.1, -0.05) is 17.7 Å². The minimum Gasteiger partial charge on any atom is -0.492 e. The van der Waals surface area contributed by atoms with E-state index in [1.807, 2.05) is 12.1 Å². The fourth-order valence-electron chi connectivity index (χ4n) is 1.97. The predicted molar refractivity (Wildman–Crippen MR) is 89.7 cm³/mol. The van der Waals surface area contributed by atoms with Crippen LogP contribution in [0.1, 0.15) is 30.3 Å². The van der Waals surface area contributed by atoms with Crippen molar-refractivity contribution in [3.05, 3.63) is 50.6 Å². The van der Waals surface area contributed by atoms with E-state index in [2.05, 4.69) is 66.3 Å². The predicted octanol–water partition coefficient (Wildman–Crippen LogP) is 4.94. The number of rotatable bonds is 6. The zero-order valence-corrected chi connectivity index (χ0v) is 14.4. The fraction of sp³-hybridized carbons (Fsp3) is 0.375. The van der Waals surface area contributed by atoms with E-state index in [9.17, 15) is 0 Å². The molecule has 20 heavy (non-hydrogen) atoms. The largest absolute Gasteiger partial charge is 0.492 e. The summed E-state index contributed by atoms with van der Waals surface area (Å²) in [6, 6.07) is 13.0. The number of hydrogen-bond acceptors (Lipinski definition) is 3. The first-order valence-electron chi connectivity index (χ1n) is 6.75. The first-order valence-corrected chi connectivity index (χ1v) is 8.36. The van der Waals surface area contributed by atoms with Gasteiger partial charge in [0.2, 0.25) is 0 Å². The summed E-state index contributed by atoms with van der Waals surface area (Å²) in [6.45, 7) is 7.07. The molecule has 1 heterocycles. The van der Waals surface area contributed by atoms with E-state index in [4.69, 9.17) is 4.74 Å². The molecule has 2 aromatic rings. The van der Waals surface area contributed by atoms with Crippen LogP contribution in [0.5, 0.6) is 5.75 Å². The number of halogens is 1. The van der Waals surface area contributed by atoms with E-state index in [-0.39, 0.29) is 0 Å². The van der Waals surface area contributed by atoms with Crippen molar-refractivity contribution in [1.29, 1.82) is 0 Å². The second kappa shape index (κ2) is 7.25. The molecule has 0 amide bonds. The van der Waals surface area contributed by atoms with E-state index >= 15 is 0 Å². The molecule has 4 heteroatoms. The molecular formula is C16H20BrNOS. The third-order valence-corrected chi connectivity index (χ3v) is 4.88. The van der Waals surface area contributed by atoms with E-state index in [1.165, 1.54) is 14.2 Å². The van der Waals surface area contributed by atoms with Gasteiger partial charge in [0, 0.05) is 17.0 Å². The fourth-order valence-corrected chi connectivity index (χ4v) is 3.41. The minimum absolute atomic E-state index is 0.298. The molecule has 0 aliphatic heterocycles. The van der Waals surface area contributed by atoms with Gasteiger partial charge in [0.1, 0.15) is 12.4 Å². The SMILES string of the molecule is Cc1ccc(OCC(C)NC(C)c2ccc(Br)s2)cc1. The normalized spacial score (nSPS) is 14.0. The molecule has 0 radical (unpaired) electrons. The second-order valence-electron chi connectivity index (χ2n) is 5.06. The highest BCUT2D eigenvalue weighted by Crippen LogP contribution is 2.27. The van der Waals surface area contributed by atoms with Gasteiger partial charge in [-0.05, 0) is 61.0 Å². The van der Waals surface area contributed by atoms with Gasteiger partial charge in [-0.3, -0.25) is 0 Å². The van der Waals surface area contributed by atoms with Crippen LogP contribution >= 0.6 is 27.3 Å². The van der Waals surface area contributed by atoms with Crippen LogP contribution < -0.4 is 10.1 Å². The first-order chi connectivity index (χ1) is 9.54.